The van der Waals surface area contributed by atoms with E-state index in [0.29, 0.717) is 0 Å². The van der Waals surface area contributed by atoms with Crippen LogP contribution in [0, 0.1) is 5.92 Å². The van der Waals surface area contributed by atoms with Crippen molar-refractivity contribution in [1.29, 1.82) is 0 Å². The number of carbonyl (C=O) groups is 1. The maximum atomic E-state index is 11.6. The molecule has 1 heterocycles. The monoisotopic (exact) mass is 247 g/mol. The number of nitrogens with zero attached hydrogens (tertiary/aromatic N) is 1. The summed E-state index contributed by atoms with van der Waals surface area (Å²) in [4.78, 5) is 13.9. The van der Waals surface area contributed by atoms with Crippen LogP contribution in [0.25, 0.3) is 0 Å². The van der Waals surface area contributed by atoms with Crippen LogP contribution in [0.1, 0.15) is 25.0 Å². The molecular weight excluding hydrogens is 226 g/mol. The minimum absolute atomic E-state index is 0.0960. The van der Waals surface area contributed by atoms with Gasteiger partial charge in [-0.05, 0) is 24.5 Å². The Hall–Kier alpha value is -1.39. The quantitative estimate of drug-likeness (QED) is 0.477. The first-order valence-electron chi connectivity index (χ1n) is 6.44. The van der Waals surface area contributed by atoms with Gasteiger partial charge in [0, 0.05) is 19.1 Å². The molecule has 0 fully saturated rings. The van der Waals surface area contributed by atoms with Crippen LogP contribution >= 0.6 is 0 Å². The van der Waals surface area contributed by atoms with Crippen LogP contribution in [-0.4, -0.2) is 23.4 Å². The number of amides is 1. The average molecular weight is 247 g/mol. The number of rotatable bonds is 3. The lowest BCUT2D eigenvalue weighted by molar-refractivity contribution is -0.126. The zero-order valence-corrected chi connectivity index (χ0v) is 11.0. The van der Waals surface area contributed by atoms with Gasteiger partial charge < -0.3 is 0 Å². The molecule has 0 saturated carbocycles. The van der Waals surface area contributed by atoms with Crippen molar-refractivity contribution >= 4 is 5.91 Å². The fraction of sp³-hybridized carbons (Fsp3) is 0.500. The standard InChI is InChI=1S/C14H21N3O/c1-10(14(18)16-15)11(2)17-8-7-12-5-3-4-6-13(12)9-17/h3-6,10-11H,7-9,15H2,1-2H3,(H,16,18). The lowest BCUT2D eigenvalue weighted by Crippen LogP contribution is -2.47. The van der Waals surface area contributed by atoms with Crippen LogP contribution in [0.15, 0.2) is 24.3 Å². The molecule has 98 valence electrons. The highest BCUT2D eigenvalue weighted by Crippen LogP contribution is 2.22. The van der Waals surface area contributed by atoms with E-state index >= 15 is 0 Å². The van der Waals surface area contributed by atoms with Crippen molar-refractivity contribution in [1.82, 2.24) is 10.3 Å². The second kappa shape index (κ2) is 5.50. The number of hydrogen-bond acceptors (Lipinski definition) is 3. The molecule has 2 atom stereocenters. The summed E-state index contributed by atoms with van der Waals surface area (Å²) in [5, 5.41) is 0. The van der Waals surface area contributed by atoms with Gasteiger partial charge in [0.2, 0.25) is 5.91 Å². The van der Waals surface area contributed by atoms with E-state index < -0.39 is 0 Å². The Bertz CT molecular complexity index is 433. The Morgan fingerprint density at radius 2 is 2.00 bits per heavy atom. The van der Waals surface area contributed by atoms with Crippen LogP contribution in [-0.2, 0) is 17.8 Å². The molecule has 4 heteroatoms. The van der Waals surface area contributed by atoms with Crippen LogP contribution in [0.3, 0.4) is 0 Å². The zero-order valence-electron chi connectivity index (χ0n) is 11.0. The predicted octanol–water partition coefficient (Wildman–Crippen LogP) is 1.06. The molecule has 0 radical (unpaired) electrons. The van der Waals surface area contributed by atoms with E-state index in [1.165, 1.54) is 11.1 Å². The molecule has 0 aliphatic carbocycles. The smallest absolute Gasteiger partial charge is 0.238 e. The molecule has 2 unspecified atom stereocenters. The van der Waals surface area contributed by atoms with Gasteiger partial charge in [0.1, 0.15) is 0 Å². The third kappa shape index (κ3) is 2.54. The van der Waals surface area contributed by atoms with Gasteiger partial charge in [-0.1, -0.05) is 31.2 Å². The summed E-state index contributed by atoms with van der Waals surface area (Å²) in [7, 11) is 0. The van der Waals surface area contributed by atoms with Gasteiger partial charge in [-0.3, -0.25) is 15.1 Å². The van der Waals surface area contributed by atoms with Gasteiger partial charge in [-0.25, -0.2) is 5.84 Å². The van der Waals surface area contributed by atoms with E-state index in [1.54, 1.807) is 0 Å². The second-order valence-corrected chi connectivity index (χ2v) is 5.03. The molecule has 1 aromatic rings. The van der Waals surface area contributed by atoms with Crippen molar-refractivity contribution in [3.05, 3.63) is 35.4 Å². The van der Waals surface area contributed by atoms with Crippen molar-refractivity contribution in [2.45, 2.75) is 32.9 Å². The average Bonchev–Trinajstić information content (AvgIpc) is 2.44. The van der Waals surface area contributed by atoms with Gasteiger partial charge in [0.05, 0.1) is 5.92 Å². The topological polar surface area (TPSA) is 58.4 Å². The van der Waals surface area contributed by atoms with Crippen molar-refractivity contribution < 1.29 is 4.79 Å². The number of fused-ring (bicyclic) bond motifs is 1. The Morgan fingerprint density at radius 1 is 1.33 bits per heavy atom. The van der Waals surface area contributed by atoms with Crippen molar-refractivity contribution in [2.75, 3.05) is 6.54 Å². The third-order valence-corrected chi connectivity index (χ3v) is 4.02. The van der Waals surface area contributed by atoms with Gasteiger partial charge >= 0.3 is 0 Å². The maximum absolute atomic E-state index is 11.6. The molecule has 0 saturated heterocycles. The Labute approximate surface area is 108 Å². The molecule has 18 heavy (non-hydrogen) atoms. The number of hydrazine groups is 1. The molecule has 0 bridgehead atoms. The first-order valence-corrected chi connectivity index (χ1v) is 6.44. The minimum atomic E-state index is -0.0970. The summed E-state index contributed by atoms with van der Waals surface area (Å²) in [5.41, 5.74) is 5.04. The highest BCUT2D eigenvalue weighted by atomic mass is 16.2. The third-order valence-electron chi connectivity index (χ3n) is 4.02. The highest BCUT2D eigenvalue weighted by Gasteiger charge is 2.27. The summed E-state index contributed by atoms with van der Waals surface area (Å²) in [5.74, 6) is 5.01. The van der Waals surface area contributed by atoms with Gasteiger partial charge in [0.15, 0.2) is 0 Å². The number of hydrogen-bond donors (Lipinski definition) is 2. The molecule has 0 aromatic heterocycles. The summed E-state index contributed by atoms with van der Waals surface area (Å²) in [6.07, 6.45) is 1.05. The number of carbonyl (C=O) groups excluding carboxylic acids is 1. The summed E-state index contributed by atoms with van der Waals surface area (Å²) >= 11 is 0. The molecule has 1 aromatic carbocycles. The van der Waals surface area contributed by atoms with Gasteiger partial charge in [-0.2, -0.15) is 0 Å². The van der Waals surface area contributed by atoms with Crippen LogP contribution in [0.2, 0.25) is 0 Å². The predicted molar refractivity (Wildman–Crippen MR) is 71.5 cm³/mol. The van der Waals surface area contributed by atoms with E-state index in [4.69, 9.17) is 5.84 Å². The van der Waals surface area contributed by atoms with Gasteiger partial charge in [-0.15, -0.1) is 0 Å². The van der Waals surface area contributed by atoms with Crippen molar-refractivity contribution in [3.8, 4) is 0 Å². The maximum Gasteiger partial charge on any atom is 0.238 e. The van der Waals surface area contributed by atoms with Crippen molar-refractivity contribution in [3.63, 3.8) is 0 Å². The summed E-state index contributed by atoms with van der Waals surface area (Å²) in [6, 6.07) is 8.71. The van der Waals surface area contributed by atoms with Crippen LogP contribution in [0.4, 0.5) is 0 Å². The molecule has 3 N–H and O–H groups in total. The van der Waals surface area contributed by atoms with E-state index in [-0.39, 0.29) is 17.9 Å². The number of benzene rings is 1. The lowest BCUT2D eigenvalue weighted by Gasteiger charge is -2.36. The number of nitrogens with one attached hydrogen (secondary N) is 1. The molecule has 2 rings (SSSR count). The first-order chi connectivity index (χ1) is 8.63. The molecule has 1 aliphatic heterocycles. The molecular formula is C14H21N3O. The fourth-order valence-electron chi connectivity index (χ4n) is 2.53. The molecule has 1 amide bonds. The largest absolute Gasteiger partial charge is 0.295 e. The fourth-order valence-corrected chi connectivity index (χ4v) is 2.53. The van der Waals surface area contributed by atoms with Gasteiger partial charge in [0.25, 0.3) is 0 Å². The number of nitrogens with two attached hydrogens (primary N) is 1. The Balaban J connectivity index is 2.06. The van der Waals surface area contributed by atoms with E-state index in [1.807, 2.05) is 6.92 Å². The summed E-state index contributed by atoms with van der Waals surface area (Å²) < 4.78 is 0. The Kier molecular flexibility index (Phi) is 3.99. The van der Waals surface area contributed by atoms with E-state index in [2.05, 4.69) is 41.5 Å². The summed E-state index contributed by atoms with van der Waals surface area (Å²) in [6.45, 7) is 5.93. The molecule has 0 spiro atoms. The molecule has 1 aliphatic rings. The van der Waals surface area contributed by atoms with Crippen molar-refractivity contribution in [2.24, 2.45) is 11.8 Å². The SMILES string of the molecule is CC(C(=O)NN)C(C)N1CCc2ccccc2C1. The van der Waals surface area contributed by atoms with E-state index in [9.17, 15) is 4.79 Å². The van der Waals surface area contributed by atoms with E-state index in [0.717, 1.165) is 19.5 Å². The lowest BCUT2D eigenvalue weighted by atomic mass is 9.95. The van der Waals surface area contributed by atoms with Crippen LogP contribution < -0.4 is 11.3 Å². The second-order valence-electron chi connectivity index (χ2n) is 5.03. The Morgan fingerprint density at radius 3 is 2.67 bits per heavy atom. The molecule has 4 nitrogen and oxygen atoms in total. The minimum Gasteiger partial charge on any atom is -0.295 e. The van der Waals surface area contributed by atoms with Crippen LogP contribution in [0.5, 0.6) is 0 Å². The normalized spacial score (nSPS) is 18.8. The highest BCUT2D eigenvalue weighted by molar-refractivity contribution is 5.78. The first kappa shape index (κ1) is 13.1. The zero-order chi connectivity index (χ0) is 13.1.